The summed E-state index contributed by atoms with van der Waals surface area (Å²) in [4.78, 5) is 10.7. The van der Waals surface area contributed by atoms with E-state index in [2.05, 4.69) is 4.72 Å². The highest BCUT2D eigenvalue weighted by Crippen LogP contribution is 2.17. The van der Waals surface area contributed by atoms with Gasteiger partial charge in [0.25, 0.3) is 10.2 Å². The van der Waals surface area contributed by atoms with Crippen LogP contribution >= 0.6 is 0 Å². The second kappa shape index (κ2) is 5.05. The van der Waals surface area contributed by atoms with Crippen molar-refractivity contribution in [1.29, 1.82) is 0 Å². The summed E-state index contributed by atoms with van der Waals surface area (Å²) >= 11 is 0. The zero-order valence-corrected chi connectivity index (χ0v) is 10.0. The van der Waals surface area contributed by atoms with Crippen molar-refractivity contribution in [1.82, 2.24) is 9.03 Å². The summed E-state index contributed by atoms with van der Waals surface area (Å²) in [6, 6.07) is 0. The Balaban J connectivity index is 2.56. The molecule has 0 aromatic heterocycles. The van der Waals surface area contributed by atoms with Crippen molar-refractivity contribution in [3.63, 3.8) is 0 Å². The van der Waals surface area contributed by atoms with E-state index in [9.17, 15) is 13.2 Å². The summed E-state index contributed by atoms with van der Waals surface area (Å²) in [5, 5.41) is 0. The Labute approximate surface area is 91.0 Å². The fraction of sp³-hybridized carbons (Fsp3) is 0.889. The lowest BCUT2D eigenvalue weighted by Gasteiger charge is -2.29. The maximum atomic E-state index is 11.7. The van der Waals surface area contributed by atoms with E-state index in [1.807, 2.05) is 6.92 Å². The fourth-order valence-electron chi connectivity index (χ4n) is 1.65. The van der Waals surface area contributed by atoms with E-state index in [4.69, 9.17) is 0 Å². The molecule has 0 spiro atoms. The standard InChI is InChI=1S/C9H18N2O3S/c1-8-4-3-5-11(7-8)15(13,14)10-6-9(2)12/h8,10H,3-7H2,1-2H3. The molecule has 0 radical (unpaired) electrons. The monoisotopic (exact) mass is 234 g/mol. The van der Waals surface area contributed by atoms with Gasteiger partial charge in [0.15, 0.2) is 0 Å². The highest BCUT2D eigenvalue weighted by molar-refractivity contribution is 7.87. The highest BCUT2D eigenvalue weighted by atomic mass is 32.2. The number of nitrogens with zero attached hydrogens (tertiary/aromatic N) is 1. The van der Waals surface area contributed by atoms with Crippen LogP contribution in [0.3, 0.4) is 0 Å². The molecule has 0 amide bonds. The van der Waals surface area contributed by atoms with Gasteiger partial charge < -0.3 is 0 Å². The average molecular weight is 234 g/mol. The Bertz CT molecular complexity index is 326. The molecule has 1 atom stereocenters. The number of hydrogen-bond donors (Lipinski definition) is 1. The van der Waals surface area contributed by atoms with E-state index in [1.165, 1.54) is 11.2 Å². The highest BCUT2D eigenvalue weighted by Gasteiger charge is 2.26. The van der Waals surface area contributed by atoms with Gasteiger partial charge in [0.05, 0.1) is 6.54 Å². The van der Waals surface area contributed by atoms with Crippen LogP contribution in [0.2, 0.25) is 0 Å². The molecular formula is C9H18N2O3S. The average Bonchev–Trinajstić information content (AvgIpc) is 2.15. The molecular weight excluding hydrogens is 216 g/mol. The summed E-state index contributed by atoms with van der Waals surface area (Å²) in [7, 11) is -3.45. The largest absolute Gasteiger partial charge is 0.299 e. The first-order valence-electron chi connectivity index (χ1n) is 5.16. The number of carbonyl (C=O) groups excluding carboxylic acids is 1. The van der Waals surface area contributed by atoms with Gasteiger partial charge >= 0.3 is 0 Å². The van der Waals surface area contributed by atoms with Crippen LogP contribution in [0.1, 0.15) is 26.7 Å². The predicted molar refractivity (Wildman–Crippen MR) is 57.6 cm³/mol. The maximum absolute atomic E-state index is 11.7. The number of rotatable bonds is 4. The van der Waals surface area contributed by atoms with Crippen molar-refractivity contribution in [2.75, 3.05) is 19.6 Å². The summed E-state index contributed by atoms with van der Waals surface area (Å²) in [6.07, 6.45) is 1.96. The third-order valence-electron chi connectivity index (χ3n) is 2.46. The Morgan fingerprint density at radius 2 is 2.20 bits per heavy atom. The number of piperidine rings is 1. The van der Waals surface area contributed by atoms with Crippen molar-refractivity contribution in [3.8, 4) is 0 Å². The van der Waals surface area contributed by atoms with Crippen LogP contribution in [-0.2, 0) is 15.0 Å². The van der Waals surface area contributed by atoms with E-state index in [-0.39, 0.29) is 12.3 Å². The molecule has 1 unspecified atom stereocenters. The second-order valence-electron chi connectivity index (χ2n) is 4.13. The molecule has 1 rings (SSSR count). The van der Waals surface area contributed by atoms with Gasteiger partial charge in [-0.2, -0.15) is 17.4 Å². The zero-order chi connectivity index (χ0) is 11.5. The molecule has 1 aliphatic heterocycles. The van der Waals surface area contributed by atoms with Gasteiger partial charge in [-0.05, 0) is 25.7 Å². The molecule has 1 saturated heterocycles. The summed E-state index contributed by atoms with van der Waals surface area (Å²) in [5.41, 5.74) is 0. The van der Waals surface area contributed by atoms with E-state index in [0.29, 0.717) is 19.0 Å². The normalized spacial score (nSPS) is 24.0. The molecule has 0 bridgehead atoms. The second-order valence-corrected chi connectivity index (χ2v) is 5.89. The number of carbonyl (C=O) groups is 1. The van der Waals surface area contributed by atoms with Crippen molar-refractivity contribution < 1.29 is 13.2 Å². The lowest BCUT2D eigenvalue weighted by molar-refractivity contribution is -0.115. The third kappa shape index (κ3) is 3.89. The van der Waals surface area contributed by atoms with Gasteiger partial charge in [-0.3, -0.25) is 4.79 Å². The SMILES string of the molecule is CC(=O)CNS(=O)(=O)N1CCCC(C)C1. The van der Waals surface area contributed by atoms with Crippen molar-refractivity contribution >= 4 is 16.0 Å². The topological polar surface area (TPSA) is 66.5 Å². The van der Waals surface area contributed by atoms with Gasteiger partial charge in [0, 0.05) is 13.1 Å². The summed E-state index contributed by atoms with van der Waals surface area (Å²) < 4.78 is 27.1. The Kier molecular flexibility index (Phi) is 4.24. The molecule has 5 nitrogen and oxygen atoms in total. The van der Waals surface area contributed by atoms with Crippen LogP contribution in [0.5, 0.6) is 0 Å². The third-order valence-corrected chi connectivity index (χ3v) is 3.98. The molecule has 0 aromatic rings. The minimum atomic E-state index is -3.45. The molecule has 1 N–H and O–H groups in total. The Morgan fingerprint density at radius 3 is 2.73 bits per heavy atom. The number of Topliss-reactive ketones (excluding diaryl/α,β-unsaturated/α-hetero) is 1. The van der Waals surface area contributed by atoms with Crippen molar-refractivity contribution in [2.24, 2.45) is 5.92 Å². The van der Waals surface area contributed by atoms with Gasteiger partial charge in [-0.25, -0.2) is 0 Å². The van der Waals surface area contributed by atoms with E-state index in [0.717, 1.165) is 12.8 Å². The molecule has 0 saturated carbocycles. The molecule has 0 aromatic carbocycles. The number of hydrogen-bond acceptors (Lipinski definition) is 3. The smallest absolute Gasteiger partial charge is 0.279 e. The van der Waals surface area contributed by atoms with Crippen LogP contribution < -0.4 is 4.72 Å². The van der Waals surface area contributed by atoms with E-state index < -0.39 is 10.2 Å². The van der Waals surface area contributed by atoms with Crippen LogP contribution in [0.4, 0.5) is 0 Å². The summed E-state index contributed by atoms with van der Waals surface area (Å²) in [6.45, 7) is 4.38. The molecule has 0 aliphatic carbocycles. The first-order chi connectivity index (χ1) is 6.92. The molecule has 6 heteroatoms. The lowest BCUT2D eigenvalue weighted by Crippen LogP contribution is -2.46. The van der Waals surface area contributed by atoms with Gasteiger partial charge in [0.1, 0.15) is 5.78 Å². The van der Waals surface area contributed by atoms with Crippen LogP contribution in [0.15, 0.2) is 0 Å². The molecule has 1 heterocycles. The molecule has 1 fully saturated rings. The first kappa shape index (κ1) is 12.6. The van der Waals surface area contributed by atoms with Crippen LogP contribution in [-0.4, -0.2) is 38.1 Å². The van der Waals surface area contributed by atoms with Crippen LogP contribution in [0.25, 0.3) is 0 Å². The van der Waals surface area contributed by atoms with E-state index in [1.54, 1.807) is 0 Å². The fourth-order valence-corrected chi connectivity index (χ4v) is 3.04. The lowest BCUT2D eigenvalue weighted by atomic mass is 10.0. The van der Waals surface area contributed by atoms with E-state index >= 15 is 0 Å². The Morgan fingerprint density at radius 1 is 1.53 bits per heavy atom. The number of nitrogens with one attached hydrogen (secondary N) is 1. The maximum Gasteiger partial charge on any atom is 0.279 e. The quantitative estimate of drug-likeness (QED) is 0.752. The van der Waals surface area contributed by atoms with Crippen molar-refractivity contribution in [2.45, 2.75) is 26.7 Å². The minimum absolute atomic E-state index is 0.118. The first-order valence-corrected chi connectivity index (χ1v) is 6.60. The van der Waals surface area contributed by atoms with Gasteiger partial charge in [0.2, 0.25) is 0 Å². The number of ketones is 1. The molecule has 88 valence electrons. The van der Waals surface area contributed by atoms with Crippen LogP contribution in [0, 0.1) is 5.92 Å². The Hall–Kier alpha value is -0.460. The predicted octanol–water partition coefficient (Wildman–Crippen LogP) is 0.142. The minimum Gasteiger partial charge on any atom is -0.299 e. The van der Waals surface area contributed by atoms with Crippen molar-refractivity contribution in [3.05, 3.63) is 0 Å². The molecule has 1 aliphatic rings. The summed E-state index contributed by atoms with van der Waals surface area (Å²) in [5.74, 6) is 0.219. The van der Waals surface area contributed by atoms with Gasteiger partial charge in [-0.15, -0.1) is 0 Å². The molecule has 15 heavy (non-hydrogen) atoms. The zero-order valence-electron chi connectivity index (χ0n) is 9.19. The van der Waals surface area contributed by atoms with Gasteiger partial charge in [-0.1, -0.05) is 6.92 Å².